The number of hydrogen-bond donors (Lipinski definition) is 2. The number of rotatable bonds is 6. The zero-order valence-corrected chi connectivity index (χ0v) is 16.1. The van der Waals surface area contributed by atoms with Gasteiger partial charge in [0.15, 0.2) is 5.96 Å². The molecule has 25 heavy (non-hydrogen) atoms. The van der Waals surface area contributed by atoms with Crippen LogP contribution in [-0.4, -0.2) is 56.0 Å². The Morgan fingerprint density at radius 1 is 1.32 bits per heavy atom. The molecule has 1 saturated carbocycles. The number of guanidine groups is 1. The number of nitrogens with one attached hydrogen (secondary N) is 2. The predicted molar refractivity (Wildman–Crippen MR) is 102 cm³/mol. The quantitative estimate of drug-likeness (QED) is 0.460. The minimum absolute atomic E-state index is 0.209. The molecule has 1 aromatic heterocycles. The molecule has 2 N–H and O–H groups in total. The molecular formula is C18H28ClN5O. The van der Waals surface area contributed by atoms with Crippen molar-refractivity contribution in [2.24, 2.45) is 10.4 Å². The summed E-state index contributed by atoms with van der Waals surface area (Å²) in [4.78, 5) is 22.7. The second-order valence-electron chi connectivity index (χ2n) is 6.78. The first-order valence-electron chi connectivity index (χ1n) is 8.73. The lowest BCUT2D eigenvalue weighted by molar-refractivity contribution is -0.138. The van der Waals surface area contributed by atoms with Gasteiger partial charge in [-0.15, -0.1) is 0 Å². The molecule has 1 aliphatic carbocycles. The third kappa shape index (κ3) is 5.33. The predicted octanol–water partition coefficient (Wildman–Crippen LogP) is 2.09. The number of carbonyl (C=O) groups excluding carboxylic acids is 1. The van der Waals surface area contributed by atoms with E-state index in [9.17, 15) is 4.79 Å². The SMILES string of the molecule is CN=C(NCCc1ccc(Cl)nc1)NCC1(C(=O)N(C)C)CCCC1. The van der Waals surface area contributed by atoms with Crippen LogP contribution in [0, 0.1) is 5.41 Å². The Labute approximate surface area is 155 Å². The van der Waals surface area contributed by atoms with Crippen molar-refractivity contribution >= 4 is 23.5 Å². The van der Waals surface area contributed by atoms with E-state index in [1.54, 1.807) is 24.2 Å². The van der Waals surface area contributed by atoms with Gasteiger partial charge in [0.2, 0.25) is 5.91 Å². The van der Waals surface area contributed by atoms with Crippen LogP contribution in [-0.2, 0) is 11.2 Å². The Morgan fingerprint density at radius 3 is 2.60 bits per heavy atom. The highest BCUT2D eigenvalue weighted by molar-refractivity contribution is 6.29. The molecular weight excluding hydrogens is 338 g/mol. The maximum atomic E-state index is 12.6. The molecule has 0 saturated heterocycles. The summed E-state index contributed by atoms with van der Waals surface area (Å²) in [5.41, 5.74) is 0.809. The van der Waals surface area contributed by atoms with Crippen molar-refractivity contribution in [2.75, 3.05) is 34.2 Å². The number of aliphatic imine (C=N–C) groups is 1. The van der Waals surface area contributed by atoms with Crippen molar-refractivity contribution in [3.8, 4) is 0 Å². The summed E-state index contributed by atoms with van der Waals surface area (Å²) < 4.78 is 0. The Morgan fingerprint density at radius 2 is 2.04 bits per heavy atom. The van der Waals surface area contributed by atoms with Crippen molar-refractivity contribution in [1.29, 1.82) is 0 Å². The van der Waals surface area contributed by atoms with Crippen LogP contribution < -0.4 is 10.6 Å². The normalized spacial score (nSPS) is 16.6. The van der Waals surface area contributed by atoms with Gasteiger partial charge in [-0.25, -0.2) is 4.98 Å². The third-order valence-corrected chi connectivity index (χ3v) is 4.96. The summed E-state index contributed by atoms with van der Waals surface area (Å²) in [6.07, 6.45) is 6.69. The lowest BCUT2D eigenvalue weighted by Crippen LogP contribution is -2.49. The second-order valence-corrected chi connectivity index (χ2v) is 7.17. The number of halogens is 1. The molecule has 0 aromatic carbocycles. The van der Waals surface area contributed by atoms with E-state index in [0.717, 1.165) is 50.2 Å². The second kappa shape index (κ2) is 9.04. The smallest absolute Gasteiger partial charge is 0.230 e. The van der Waals surface area contributed by atoms with Crippen molar-refractivity contribution in [3.05, 3.63) is 29.0 Å². The fourth-order valence-electron chi connectivity index (χ4n) is 3.35. The van der Waals surface area contributed by atoms with Crippen molar-refractivity contribution in [3.63, 3.8) is 0 Å². The van der Waals surface area contributed by atoms with Gasteiger partial charge in [-0.2, -0.15) is 0 Å². The summed E-state index contributed by atoms with van der Waals surface area (Å²) in [6.45, 7) is 1.35. The molecule has 0 atom stereocenters. The van der Waals surface area contributed by atoms with Gasteiger partial charge >= 0.3 is 0 Å². The van der Waals surface area contributed by atoms with Crippen molar-refractivity contribution in [1.82, 2.24) is 20.5 Å². The van der Waals surface area contributed by atoms with Gasteiger partial charge in [0.05, 0.1) is 5.41 Å². The van der Waals surface area contributed by atoms with Crippen molar-refractivity contribution < 1.29 is 4.79 Å². The maximum absolute atomic E-state index is 12.6. The first kappa shape index (κ1) is 19.5. The number of pyridine rings is 1. The van der Waals surface area contributed by atoms with E-state index in [-0.39, 0.29) is 11.3 Å². The van der Waals surface area contributed by atoms with E-state index in [1.165, 1.54) is 0 Å². The third-order valence-electron chi connectivity index (χ3n) is 4.73. The van der Waals surface area contributed by atoms with Gasteiger partial charge in [0.25, 0.3) is 0 Å². The summed E-state index contributed by atoms with van der Waals surface area (Å²) in [7, 11) is 5.40. The number of aromatic nitrogens is 1. The van der Waals surface area contributed by atoms with Gasteiger partial charge in [-0.05, 0) is 30.9 Å². The van der Waals surface area contributed by atoms with Gasteiger partial charge in [-0.3, -0.25) is 9.79 Å². The van der Waals surface area contributed by atoms with Crippen LogP contribution in [0.4, 0.5) is 0 Å². The molecule has 0 spiro atoms. The molecule has 138 valence electrons. The van der Waals surface area contributed by atoms with Crippen LogP contribution in [0.25, 0.3) is 0 Å². The lowest BCUT2D eigenvalue weighted by atomic mass is 9.84. The van der Waals surface area contributed by atoms with E-state index in [2.05, 4.69) is 20.6 Å². The van der Waals surface area contributed by atoms with Crippen LogP contribution in [0.3, 0.4) is 0 Å². The zero-order valence-electron chi connectivity index (χ0n) is 15.3. The maximum Gasteiger partial charge on any atom is 0.230 e. The minimum atomic E-state index is -0.304. The molecule has 0 radical (unpaired) electrons. The first-order valence-corrected chi connectivity index (χ1v) is 9.11. The van der Waals surface area contributed by atoms with Gasteiger partial charge in [0, 0.05) is 40.4 Å². The van der Waals surface area contributed by atoms with Crippen molar-refractivity contribution in [2.45, 2.75) is 32.1 Å². The van der Waals surface area contributed by atoms with Gasteiger partial charge < -0.3 is 15.5 Å². The monoisotopic (exact) mass is 365 g/mol. The van der Waals surface area contributed by atoms with Crippen LogP contribution in [0.15, 0.2) is 23.3 Å². The summed E-state index contributed by atoms with van der Waals surface area (Å²) >= 11 is 5.80. The molecule has 1 heterocycles. The van der Waals surface area contributed by atoms with E-state index in [1.807, 2.05) is 20.2 Å². The Balaban J connectivity index is 1.84. The van der Waals surface area contributed by atoms with Crippen LogP contribution in [0.1, 0.15) is 31.2 Å². The average molecular weight is 366 g/mol. The summed E-state index contributed by atoms with van der Waals surface area (Å²) in [5.74, 6) is 0.931. The molecule has 1 amide bonds. The molecule has 6 nitrogen and oxygen atoms in total. The Kier molecular flexibility index (Phi) is 7.05. The minimum Gasteiger partial charge on any atom is -0.356 e. The number of nitrogens with zero attached hydrogens (tertiary/aromatic N) is 3. The van der Waals surface area contributed by atoms with E-state index < -0.39 is 0 Å². The highest BCUT2D eigenvalue weighted by atomic mass is 35.5. The highest BCUT2D eigenvalue weighted by Crippen LogP contribution is 2.38. The molecule has 1 fully saturated rings. The Bertz CT molecular complexity index is 594. The van der Waals surface area contributed by atoms with Gasteiger partial charge in [0.1, 0.15) is 5.15 Å². The Hall–Kier alpha value is -1.82. The molecule has 0 aliphatic heterocycles. The number of amides is 1. The fourth-order valence-corrected chi connectivity index (χ4v) is 3.46. The molecule has 7 heteroatoms. The van der Waals surface area contributed by atoms with Crippen LogP contribution in [0.2, 0.25) is 5.15 Å². The first-order chi connectivity index (χ1) is 12.0. The molecule has 0 bridgehead atoms. The van der Waals surface area contributed by atoms with E-state index >= 15 is 0 Å². The summed E-state index contributed by atoms with van der Waals surface area (Å²) in [6, 6.07) is 3.76. The zero-order chi connectivity index (χ0) is 18.3. The average Bonchev–Trinajstić information content (AvgIpc) is 3.08. The van der Waals surface area contributed by atoms with Crippen LogP contribution >= 0.6 is 11.6 Å². The fraction of sp³-hybridized carbons (Fsp3) is 0.611. The lowest BCUT2D eigenvalue weighted by Gasteiger charge is -2.31. The number of hydrogen-bond acceptors (Lipinski definition) is 3. The van der Waals surface area contributed by atoms with E-state index in [0.29, 0.717) is 11.7 Å². The van der Waals surface area contributed by atoms with E-state index in [4.69, 9.17) is 11.6 Å². The molecule has 0 unspecified atom stereocenters. The molecule has 2 rings (SSSR count). The summed E-state index contributed by atoms with van der Waals surface area (Å²) in [5, 5.41) is 7.13. The molecule has 1 aliphatic rings. The topological polar surface area (TPSA) is 69.6 Å². The highest BCUT2D eigenvalue weighted by Gasteiger charge is 2.42. The van der Waals surface area contributed by atoms with Gasteiger partial charge in [-0.1, -0.05) is 30.5 Å². The molecule has 1 aromatic rings. The van der Waals surface area contributed by atoms with Crippen LogP contribution in [0.5, 0.6) is 0 Å². The number of carbonyl (C=O) groups is 1. The standard InChI is InChI=1S/C18H28ClN5O/c1-20-17(21-11-8-14-6-7-15(19)22-12-14)23-13-18(9-4-5-10-18)16(25)24(2)3/h6-7,12H,4-5,8-11,13H2,1-3H3,(H2,20,21,23). The largest absolute Gasteiger partial charge is 0.356 e.